The molecule has 2 unspecified atom stereocenters. The van der Waals surface area contributed by atoms with Crippen LogP contribution in [0.3, 0.4) is 0 Å². The van der Waals surface area contributed by atoms with Crippen LogP contribution in [0.15, 0.2) is 0 Å². The largest absolute Gasteiger partial charge is 0.374 e. The van der Waals surface area contributed by atoms with E-state index >= 15 is 0 Å². The molecule has 0 amide bonds. The zero-order valence-electron chi connectivity index (χ0n) is 9.05. The third kappa shape index (κ3) is 6.62. The van der Waals surface area contributed by atoms with Gasteiger partial charge in [-0.05, 0) is 20.3 Å². The van der Waals surface area contributed by atoms with Gasteiger partial charge in [-0.2, -0.15) is 0 Å². The van der Waals surface area contributed by atoms with E-state index in [1.165, 1.54) is 0 Å². The van der Waals surface area contributed by atoms with Crippen LogP contribution >= 0.6 is 0 Å². The van der Waals surface area contributed by atoms with E-state index < -0.39 is 0 Å². The molecule has 0 bridgehead atoms. The molecule has 0 saturated carbocycles. The van der Waals surface area contributed by atoms with Crippen LogP contribution in [0.25, 0.3) is 0 Å². The maximum atomic E-state index is 5.69. The monoisotopic (exact) mass is 173 g/mol. The first-order valence-electron chi connectivity index (χ1n) is 4.95. The first-order chi connectivity index (χ1) is 5.56. The summed E-state index contributed by atoms with van der Waals surface area (Å²) in [5, 5.41) is 3.35. The molecule has 0 aliphatic carbocycles. The molecule has 0 heterocycles. The number of hydrogen-bond donors (Lipinski definition) is 1. The standard InChI is InChI=1S/C10H23NO/c1-6-9(4)12-10(5)7-11-8(2)3/h8-11H,6-7H2,1-5H3. The first-order valence-corrected chi connectivity index (χ1v) is 4.95. The predicted octanol–water partition coefficient (Wildman–Crippen LogP) is 2.19. The Balaban J connectivity index is 3.39. The molecule has 0 rings (SSSR count). The summed E-state index contributed by atoms with van der Waals surface area (Å²) in [4.78, 5) is 0. The molecule has 2 nitrogen and oxygen atoms in total. The van der Waals surface area contributed by atoms with Crippen LogP contribution in [-0.4, -0.2) is 24.8 Å². The van der Waals surface area contributed by atoms with Crippen LogP contribution < -0.4 is 5.32 Å². The summed E-state index contributed by atoms with van der Waals surface area (Å²) in [6, 6.07) is 0.549. The Morgan fingerprint density at radius 1 is 1.08 bits per heavy atom. The number of ether oxygens (including phenoxy) is 1. The normalized spacial score (nSPS) is 16.5. The average molecular weight is 173 g/mol. The van der Waals surface area contributed by atoms with Gasteiger partial charge in [0.05, 0.1) is 12.2 Å². The number of hydrogen-bond acceptors (Lipinski definition) is 2. The lowest BCUT2D eigenvalue weighted by Crippen LogP contribution is -2.33. The van der Waals surface area contributed by atoms with Gasteiger partial charge in [0.2, 0.25) is 0 Å². The minimum atomic E-state index is 0.322. The van der Waals surface area contributed by atoms with E-state index in [1.54, 1.807) is 0 Å². The second kappa shape index (κ2) is 6.44. The van der Waals surface area contributed by atoms with E-state index in [4.69, 9.17) is 4.74 Å². The molecule has 2 atom stereocenters. The van der Waals surface area contributed by atoms with E-state index in [2.05, 4.69) is 39.9 Å². The summed E-state index contributed by atoms with van der Waals surface area (Å²) in [6.45, 7) is 11.6. The summed E-state index contributed by atoms with van der Waals surface area (Å²) in [5.41, 5.74) is 0. The molecule has 0 fully saturated rings. The van der Waals surface area contributed by atoms with Gasteiger partial charge < -0.3 is 10.1 Å². The van der Waals surface area contributed by atoms with Gasteiger partial charge in [-0.15, -0.1) is 0 Å². The highest BCUT2D eigenvalue weighted by Crippen LogP contribution is 2.00. The molecule has 12 heavy (non-hydrogen) atoms. The van der Waals surface area contributed by atoms with E-state index in [0.29, 0.717) is 18.2 Å². The number of nitrogens with one attached hydrogen (secondary N) is 1. The Morgan fingerprint density at radius 3 is 2.08 bits per heavy atom. The molecule has 0 aromatic rings. The first kappa shape index (κ1) is 11.9. The molecule has 0 aromatic heterocycles. The Kier molecular flexibility index (Phi) is 6.39. The maximum Gasteiger partial charge on any atom is 0.0675 e. The maximum absolute atomic E-state index is 5.69. The second-order valence-corrected chi connectivity index (χ2v) is 3.73. The van der Waals surface area contributed by atoms with E-state index in [-0.39, 0.29) is 0 Å². The van der Waals surface area contributed by atoms with Crippen molar-refractivity contribution in [2.45, 2.75) is 59.3 Å². The van der Waals surface area contributed by atoms with Crippen LogP contribution in [0.1, 0.15) is 41.0 Å². The second-order valence-electron chi connectivity index (χ2n) is 3.73. The van der Waals surface area contributed by atoms with E-state index in [1.807, 2.05) is 0 Å². The molecule has 0 aliphatic rings. The lowest BCUT2D eigenvalue weighted by Gasteiger charge is -2.19. The van der Waals surface area contributed by atoms with Crippen LogP contribution in [0.2, 0.25) is 0 Å². The fourth-order valence-corrected chi connectivity index (χ4v) is 0.943. The molecular formula is C10H23NO. The van der Waals surface area contributed by atoms with Gasteiger partial charge in [0.15, 0.2) is 0 Å². The van der Waals surface area contributed by atoms with Gasteiger partial charge in [-0.1, -0.05) is 20.8 Å². The fraction of sp³-hybridized carbons (Fsp3) is 1.00. The Morgan fingerprint density at radius 2 is 1.67 bits per heavy atom. The van der Waals surface area contributed by atoms with Crippen LogP contribution in [0.4, 0.5) is 0 Å². The molecule has 0 saturated heterocycles. The van der Waals surface area contributed by atoms with Crippen molar-refractivity contribution in [3.05, 3.63) is 0 Å². The third-order valence-corrected chi connectivity index (χ3v) is 1.85. The SMILES string of the molecule is CCC(C)OC(C)CNC(C)C. The van der Waals surface area contributed by atoms with Crippen molar-refractivity contribution in [1.29, 1.82) is 0 Å². The lowest BCUT2D eigenvalue weighted by molar-refractivity contribution is 0.00664. The van der Waals surface area contributed by atoms with Crippen molar-refractivity contribution in [3.8, 4) is 0 Å². The van der Waals surface area contributed by atoms with Crippen molar-refractivity contribution in [3.63, 3.8) is 0 Å². The molecule has 0 aromatic carbocycles. The average Bonchev–Trinajstić information content (AvgIpc) is 2.00. The smallest absolute Gasteiger partial charge is 0.0675 e. The number of rotatable bonds is 6. The topological polar surface area (TPSA) is 21.3 Å². The van der Waals surface area contributed by atoms with Crippen LogP contribution in [0, 0.1) is 0 Å². The van der Waals surface area contributed by atoms with Gasteiger partial charge in [-0.3, -0.25) is 0 Å². The van der Waals surface area contributed by atoms with E-state index in [0.717, 1.165) is 13.0 Å². The van der Waals surface area contributed by atoms with Gasteiger partial charge in [-0.25, -0.2) is 0 Å². The molecule has 1 N–H and O–H groups in total. The molecular weight excluding hydrogens is 150 g/mol. The summed E-state index contributed by atoms with van der Waals surface area (Å²) >= 11 is 0. The van der Waals surface area contributed by atoms with Crippen LogP contribution in [0.5, 0.6) is 0 Å². The van der Waals surface area contributed by atoms with Gasteiger partial charge in [0.1, 0.15) is 0 Å². The van der Waals surface area contributed by atoms with Crippen LogP contribution in [-0.2, 0) is 4.74 Å². The molecule has 0 radical (unpaired) electrons. The Hall–Kier alpha value is -0.0800. The highest BCUT2D eigenvalue weighted by molar-refractivity contribution is 4.60. The minimum absolute atomic E-state index is 0.322. The van der Waals surface area contributed by atoms with Crippen molar-refractivity contribution in [2.24, 2.45) is 0 Å². The highest BCUT2D eigenvalue weighted by atomic mass is 16.5. The van der Waals surface area contributed by atoms with E-state index in [9.17, 15) is 0 Å². The quantitative estimate of drug-likeness (QED) is 0.665. The predicted molar refractivity (Wildman–Crippen MR) is 53.4 cm³/mol. The zero-order chi connectivity index (χ0) is 9.56. The van der Waals surface area contributed by atoms with Crippen molar-refractivity contribution < 1.29 is 4.74 Å². The molecule has 74 valence electrons. The Labute approximate surface area is 76.7 Å². The summed E-state index contributed by atoms with van der Waals surface area (Å²) in [6.07, 6.45) is 1.79. The van der Waals surface area contributed by atoms with Gasteiger partial charge in [0, 0.05) is 12.6 Å². The Bertz CT molecular complexity index is 104. The molecule has 2 heteroatoms. The summed E-state index contributed by atoms with van der Waals surface area (Å²) in [5.74, 6) is 0. The van der Waals surface area contributed by atoms with Gasteiger partial charge >= 0.3 is 0 Å². The summed E-state index contributed by atoms with van der Waals surface area (Å²) in [7, 11) is 0. The minimum Gasteiger partial charge on any atom is -0.374 e. The molecule has 0 aliphatic heterocycles. The summed E-state index contributed by atoms with van der Waals surface area (Å²) < 4.78 is 5.69. The third-order valence-electron chi connectivity index (χ3n) is 1.85. The zero-order valence-corrected chi connectivity index (χ0v) is 9.05. The van der Waals surface area contributed by atoms with Crippen molar-refractivity contribution >= 4 is 0 Å². The highest BCUT2D eigenvalue weighted by Gasteiger charge is 2.06. The van der Waals surface area contributed by atoms with Crippen molar-refractivity contribution in [2.75, 3.05) is 6.54 Å². The van der Waals surface area contributed by atoms with Crippen molar-refractivity contribution in [1.82, 2.24) is 5.32 Å². The lowest BCUT2D eigenvalue weighted by atomic mass is 10.3. The fourth-order valence-electron chi connectivity index (χ4n) is 0.943. The van der Waals surface area contributed by atoms with Gasteiger partial charge in [0.25, 0.3) is 0 Å². The molecule has 0 spiro atoms.